The van der Waals surface area contributed by atoms with E-state index in [-0.39, 0.29) is 5.91 Å². The van der Waals surface area contributed by atoms with Crippen molar-refractivity contribution >= 4 is 17.5 Å². The standard InChI is InChI=1S/C12H14N2O2/c1-3-4-11(15)14-10-6-5-9(12(13)16)7-8(10)2/h3-7H,1-2H3,(H2,13,16)(H,14,15). The van der Waals surface area contributed by atoms with Crippen LogP contribution in [0.1, 0.15) is 22.8 Å². The van der Waals surface area contributed by atoms with Crippen LogP contribution < -0.4 is 11.1 Å². The number of carbonyl (C=O) groups is 2. The number of nitrogens with one attached hydrogen (secondary N) is 1. The zero-order chi connectivity index (χ0) is 12.1. The summed E-state index contributed by atoms with van der Waals surface area (Å²) in [5.41, 5.74) is 7.05. The third kappa shape index (κ3) is 2.95. The van der Waals surface area contributed by atoms with Crippen LogP contribution >= 0.6 is 0 Å². The predicted molar refractivity (Wildman–Crippen MR) is 63.1 cm³/mol. The van der Waals surface area contributed by atoms with Gasteiger partial charge >= 0.3 is 0 Å². The van der Waals surface area contributed by atoms with Gasteiger partial charge in [0, 0.05) is 11.3 Å². The number of hydrogen-bond donors (Lipinski definition) is 2. The lowest BCUT2D eigenvalue weighted by molar-refractivity contribution is -0.111. The van der Waals surface area contributed by atoms with Crippen LogP contribution in [0.15, 0.2) is 30.4 Å². The average molecular weight is 218 g/mol. The third-order valence-electron chi connectivity index (χ3n) is 2.09. The van der Waals surface area contributed by atoms with Crippen LogP contribution in [0, 0.1) is 6.92 Å². The number of amides is 2. The summed E-state index contributed by atoms with van der Waals surface area (Å²) in [5, 5.41) is 2.70. The summed E-state index contributed by atoms with van der Waals surface area (Å²) in [4.78, 5) is 22.2. The fourth-order valence-electron chi connectivity index (χ4n) is 1.28. The molecule has 0 saturated heterocycles. The van der Waals surface area contributed by atoms with E-state index in [0.717, 1.165) is 5.56 Å². The highest BCUT2D eigenvalue weighted by molar-refractivity contribution is 6.00. The highest BCUT2D eigenvalue weighted by atomic mass is 16.1. The van der Waals surface area contributed by atoms with Crippen LogP contribution in [0.3, 0.4) is 0 Å². The molecule has 0 atom stereocenters. The Kier molecular flexibility index (Phi) is 3.83. The second kappa shape index (κ2) is 5.11. The van der Waals surface area contributed by atoms with Gasteiger partial charge in [0.05, 0.1) is 0 Å². The largest absolute Gasteiger partial charge is 0.366 e. The quantitative estimate of drug-likeness (QED) is 0.756. The Morgan fingerprint density at radius 3 is 2.56 bits per heavy atom. The minimum Gasteiger partial charge on any atom is -0.366 e. The molecule has 0 radical (unpaired) electrons. The van der Waals surface area contributed by atoms with Gasteiger partial charge in [-0.25, -0.2) is 0 Å². The van der Waals surface area contributed by atoms with E-state index in [2.05, 4.69) is 5.32 Å². The lowest BCUT2D eigenvalue weighted by atomic mass is 10.1. The van der Waals surface area contributed by atoms with Gasteiger partial charge in [-0.05, 0) is 43.7 Å². The van der Waals surface area contributed by atoms with Gasteiger partial charge < -0.3 is 11.1 Å². The van der Waals surface area contributed by atoms with E-state index in [4.69, 9.17) is 5.73 Å². The molecule has 2 amide bonds. The van der Waals surface area contributed by atoms with Crippen LogP contribution in [-0.4, -0.2) is 11.8 Å². The third-order valence-corrected chi connectivity index (χ3v) is 2.09. The molecule has 0 spiro atoms. The Labute approximate surface area is 94.1 Å². The Morgan fingerprint density at radius 1 is 1.38 bits per heavy atom. The highest BCUT2D eigenvalue weighted by Gasteiger charge is 2.05. The molecule has 0 aliphatic carbocycles. The highest BCUT2D eigenvalue weighted by Crippen LogP contribution is 2.16. The first kappa shape index (κ1) is 12.0. The van der Waals surface area contributed by atoms with Crippen LogP contribution in [0.5, 0.6) is 0 Å². The maximum atomic E-state index is 11.3. The van der Waals surface area contributed by atoms with E-state index in [9.17, 15) is 9.59 Å². The zero-order valence-corrected chi connectivity index (χ0v) is 9.28. The second-order valence-electron chi connectivity index (χ2n) is 3.38. The van der Waals surface area contributed by atoms with Gasteiger partial charge in [0.1, 0.15) is 0 Å². The van der Waals surface area contributed by atoms with Crippen molar-refractivity contribution in [2.24, 2.45) is 5.73 Å². The smallest absolute Gasteiger partial charge is 0.248 e. The van der Waals surface area contributed by atoms with Crippen LogP contribution in [-0.2, 0) is 4.79 Å². The lowest BCUT2D eigenvalue weighted by Gasteiger charge is -2.07. The fraction of sp³-hybridized carbons (Fsp3) is 0.167. The van der Waals surface area contributed by atoms with Gasteiger partial charge in [-0.3, -0.25) is 9.59 Å². The van der Waals surface area contributed by atoms with Gasteiger partial charge in [-0.2, -0.15) is 0 Å². The molecule has 0 heterocycles. The summed E-state index contributed by atoms with van der Waals surface area (Å²) >= 11 is 0. The van der Waals surface area contributed by atoms with Crippen LogP contribution in [0.2, 0.25) is 0 Å². The minimum atomic E-state index is -0.477. The molecule has 4 nitrogen and oxygen atoms in total. The molecule has 0 fully saturated rings. The molecule has 0 saturated carbocycles. The summed E-state index contributed by atoms with van der Waals surface area (Å²) in [5.74, 6) is -0.674. The van der Waals surface area contributed by atoms with Crippen molar-refractivity contribution in [3.63, 3.8) is 0 Å². The monoisotopic (exact) mass is 218 g/mol. The van der Waals surface area contributed by atoms with Crippen LogP contribution in [0.25, 0.3) is 0 Å². The molecule has 1 aromatic carbocycles. The number of carbonyl (C=O) groups excluding carboxylic acids is 2. The van der Waals surface area contributed by atoms with E-state index >= 15 is 0 Å². The van der Waals surface area contributed by atoms with E-state index < -0.39 is 5.91 Å². The summed E-state index contributed by atoms with van der Waals surface area (Å²) in [7, 11) is 0. The van der Waals surface area contributed by atoms with Gasteiger partial charge in [-0.15, -0.1) is 0 Å². The first-order valence-electron chi connectivity index (χ1n) is 4.88. The fourth-order valence-corrected chi connectivity index (χ4v) is 1.28. The van der Waals surface area contributed by atoms with Crippen molar-refractivity contribution in [3.05, 3.63) is 41.5 Å². The Bertz CT molecular complexity index is 450. The summed E-state index contributed by atoms with van der Waals surface area (Å²) in [6.07, 6.45) is 3.09. The van der Waals surface area contributed by atoms with Crippen molar-refractivity contribution in [1.82, 2.24) is 0 Å². The number of hydrogen-bond acceptors (Lipinski definition) is 2. The molecule has 1 rings (SSSR count). The molecule has 0 aliphatic heterocycles. The van der Waals surface area contributed by atoms with Gasteiger partial charge in [0.2, 0.25) is 11.8 Å². The first-order valence-corrected chi connectivity index (χ1v) is 4.88. The maximum absolute atomic E-state index is 11.3. The summed E-state index contributed by atoms with van der Waals surface area (Å²) < 4.78 is 0. The molecule has 3 N–H and O–H groups in total. The molecule has 4 heteroatoms. The molecular weight excluding hydrogens is 204 g/mol. The summed E-state index contributed by atoms with van der Waals surface area (Å²) in [6.45, 7) is 3.57. The van der Waals surface area contributed by atoms with Crippen molar-refractivity contribution in [2.75, 3.05) is 5.32 Å². The Morgan fingerprint density at radius 2 is 2.06 bits per heavy atom. The van der Waals surface area contributed by atoms with E-state index in [1.54, 1.807) is 38.1 Å². The van der Waals surface area contributed by atoms with E-state index in [1.807, 2.05) is 0 Å². The van der Waals surface area contributed by atoms with E-state index in [0.29, 0.717) is 11.3 Å². The zero-order valence-electron chi connectivity index (χ0n) is 9.28. The number of benzene rings is 1. The molecule has 0 bridgehead atoms. The number of rotatable bonds is 3. The molecule has 1 aromatic rings. The first-order chi connectivity index (χ1) is 7.54. The minimum absolute atomic E-state index is 0.197. The molecule has 0 unspecified atom stereocenters. The number of aryl methyl sites for hydroxylation is 1. The van der Waals surface area contributed by atoms with Crippen molar-refractivity contribution in [3.8, 4) is 0 Å². The van der Waals surface area contributed by atoms with Gasteiger partial charge in [-0.1, -0.05) is 6.08 Å². The average Bonchev–Trinajstić information content (AvgIpc) is 2.21. The van der Waals surface area contributed by atoms with E-state index in [1.165, 1.54) is 6.08 Å². The number of primary amides is 1. The maximum Gasteiger partial charge on any atom is 0.248 e. The summed E-state index contributed by atoms with van der Waals surface area (Å²) in [6, 6.07) is 4.89. The molecular formula is C12H14N2O2. The Hall–Kier alpha value is -2.10. The number of anilines is 1. The Balaban J connectivity index is 2.91. The number of allylic oxidation sites excluding steroid dienone is 1. The SMILES string of the molecule is CC=CC(=O)Nc1ccc(C(N)=O)cc1C. The molecule has 16 heavy (non-hydrogen) atoms. The number of nitrogens with two attached hydrogens (primary N) is 1. The van der Waals surface area contributed by atoms with Crippen molar-refractivity contribution in [2.45, 2.75) is 13.8 Å². The molecule has 0 aromatic heterocycles. The lowest BCUT2D eigenvalue weighted by Crippen LogP contribution is -2.13. The van der Waals surface area contributed by atoms with Gasteiger partial charge in [0.15, 0.2) is 0 Å². The van der Waals surface area contributed by atoms with Crippen molar-refractivity contribution in [1.29, 1.82) is 0 Å². The predicted octanol–water partition coefficient (Wildman–Crippen LogP) is 1.61. The van der Waals surface area contributed by atoms with Crippen LogP contribution in [0.4, 0.5) is 5.69 Å². The van der Waals surface area contributed by atoms with Gasteiger partial charge in [0.25, 0.3) is 0 Å². The topological polar surface area (TPSA) is 72.2 Å². The second-order valence-corrected chi connectivity index (χ2v) is 3.38. The molecule has 0 aliphatic rings. The normalized spacial score (nSPS) is 10.4. The van der Waals surface area contributed by atoms with Crippen molar-refractivity contribution < 1.29 is 9.59 Å². The molecule has 84 valence electrons.